The summed E-state index contributed by atoms with van der Waals surface area (Å²) in [6.07, 6.45) is 6.74. The molecule has 130 valence electrons. The van der Waals surface area contributed by atoms with Gasteiger partial charge in [0.05, 0.1) is 30.5 Å². The Balaban J connectivity index is 1.85. The third kappa shape index (κ3) is 3.60. The van der Waals surface area contributed by atoms with Gasteiger partial charge in [-0.05, 0) is 0 Å². The summed E-state index contributed by atoms with van der Waals surface area (Å²) >= 11 is 0. The molecule has 1 saturated heterocycles. The molecule has 3 rings (SSSR count). The SMILES string of the molecule is CC(C)C(=O)N1C[C@@H](Nc2cncc(C#N)n2)[C@H](c2cn(C)cn2)C1. The Kier molecular flexibility index (Phi) is 4.65. The van der Waals surface area contributed by atoms with Gasteiger partial charge in [-0.25, -0.2) is 9.97 Å². The number of nitrogens with zero attached hydrogens (tertiary/aromatic N) is 6. The van der Waals surface area contributed by atoms with Crippen LogP contribution in [0.1, 0.15) is 31.2 Å². The van der Waals surface area contributed by atoms with Crippen molar-refractivity contribution in [1.82, 2.24) is 24.4 Å². The van der Waals surface area contributed by atoms with Crippen molar-refractivity contribution in [3.8, 4) is 6.07 Å². The predicted octanol–water partition coefficient (Wildman–Crippen LogP) is 1.14. The second-order valence-corrected chi connectivity index (χ2v) is 6.62. The van der Waals surface area contributed by atoms with Crippen LogP contribution >= 0.6 is 0 Å². The monoisotopic (exact) mass is 339 g/mol. The molecule has 1 aliphatic rings. The smallest absolute Gasteiger partial charge is 0.225 e. The zero-order valence-corrected chi connectivity index (χ0v) is 14.5. The molecule has 1 amide bonds. The van der Waals surface area contributed by atoms with Crippen LogP contribution in [0.25, 0.3) is 0 Å². The van der Waals surface area contributed by atoms with Gasteiger partial charge in [0.15, 0.2) is 5.69 Å². The van der Waals surface area contributed by atoms with Gasteiger partial charge in [0, 0.05) is 38.2 Å². The first kappa shape index (κ1) is 16.9. The number of hydrogen-bond donors (Lipinski definition) is 1. The lowest BCUT2D eigenvalue weighted by atomic mass is 10.0. The highest BCUT2D eigenvalue weighted by molar-refractivity contribution is 5.78. The molecule has 1 fully saturated rings. The molecule has 2 aromatic rings. The molecule has 0 bridgehead atoms. The van der Waals surface area contributed by atoms with Gasteiger partial charge in [-0.1, -0.05) is 13.8 Å². The maximum atomic E-state index is 12.4. The highest BCUT2D eigenvalue weighted by atomic mass is 16.2. The fourth-order valence-electron chi connectivity index (χ4n) is 3.10. The van der Waals surface area contributed by atoms with E-state index in [1.807, 2.05) is 42.6 Å². The van der Waals surface area contributed by atoms with Crippen molar-refractivity contribution < 1.29 is 4.79 Å². The number of anilines is 1. The van der Waals surface area contributed by atoms with Crippen LogP contribution in [0, 0.1) is 17.2 Å². The molecule has 1 N–H and O–H groups in total. The van der Waals surface area contributed by atoms with E-state index in [1.54, 1.807) is 12.5 Å². The summed E-state index contributed by atoms with van der Waals surface area (Å²) < 4.78 is 1.90. The van der Waals surface area contributed by atoms with Crippen molar-refractivity contribution in [3.63, 3.8) is 0 Å². The summed E-state index contributed by atoms with van der Waals surface area (Å²) in [6.45, 7) is 4.98. The van der Waals surface area contributed by atoms with Crippen LogP contribution in [0.4, 0.5) is 5.82 Å². The van der Waals surface area contributed by atoms with Crippen LogP contribution in [-0.2, 0) is 11.8 Å². The van der Waals surface area contributed by atoms with Crippen molar-refractivity contribution in [1.29, 1.82) is 5.26 Å². The van der Waals surface area contributed by atoms with Crippen LogP contribution in [0.3, 0.4) is 0 Å². The van der Waals surface area contributed by atoms with Gasteiger partial charge >= 0.3 is 0 Å². The molecular weight excluding hydrogens is 318 g/mol. The Morgan fingerprint density at radius 1 is 1.40 bits per heavy atom. The first-order valence-electron chi connectivity index (χ1n) is 8.23. The van der Waals surface area contributed by atoms with E-state index in [0.29, 0.717) is 18.9 Å². The number of amides is 1. The van der Waals surface area contributed by atoms with E-state index in [9.17, 15) is 4.79 Å². The minimum atomic E-state index is -0.0511. The van der Waals surface area contributed by atoms with E-state index in [1.165, 1.54) is 6.20 Å². The Hall–Kier alpha value is -2.95. The molecule has 0 unspecified atom stereocenters. The highest BCUT2D eigenvalue weighted by Crippen LogP contribution is 2.29. The molecule has 8 nitrogen and oxygen atoms in total. The minimum Gasteiger partial charge on any atom is -0.363 e. The fourth-order valence-corrected chi connectivity index (χ4v) is 3.10. The molecule has 3 heterocycles. The van der Waals surface area contributed by atoms with Crippen molar-refractivity contribution in [2.24, 2.45) is 13.0 Å². The van der Waals surface area contributed by atoms with Gasteiger partial charge in [0.2, 0.25) is 5.91 Å². The summed E-state index contributed by atoms with van der Waals surface area (Å²) in [7, 11) is 1.92. The van der Waals surface area contributed by atoms with Gasteiger partial charge in [-0.15, -0.1) is 0 Å². The van der Waals surface area contributed by atoms with Gasteiger partial charge in [0.1, 0.15) is 11.9 Å². The average Bonchev–Trinajstić information content (AvgIpc) is 3.20. The van der Waals surface area contributed by atoms with Crippen molar-refractivity contribution in [2.75, 3.05) is 18.4 Å². The van der Waals surface area contributed by atoms with E-state index in [4.69, 9.17) is 5.26 Å². The number of nitrogens with one attached hydrogen (secondary N) is 1. The Morgan fingerprint density at radius 2 is 2.20 bits per heavy atom. The number of carbonyl (C=O) groups excluding carboxylic acids is 1. The van der Waals surface area contributed by atoms with E-state index in [-0.39, 0.29) is 29.5 Å². The van der Waals surface area contributed by atoms with Crippen molar-refractivity contribution in [3.05, 3.63) is 36.3 Å². The molecule has 0 saturated carbocycles. The van der Waals surface area contributed by atoms with Crippen LogP contribution < -0.4 is 5.32 Å². The quantitative estimate of drug-likeness (QED) is 0.897. The number of rotatable bonds is 4. The third-order valence-electron chi connectivity index (χ3n) is 4.31. The first-order valence-corrected chi connectivity index (χ1v) is 8.23. The van der Waals surface area contributed by atoms with Crippen LogP contribution in [0.2, 0.25) is 0 Å². The minimum absolute atomic E-state index is 0.0409. The molecule has 0 radical (unpaired) electrons. The average molecular weight is 339 g/mol. The van der Waals surface area contributed by atoms with Crippen LogP contribution in [0.5, 0.6) is 0 Å². The molecule has 8 heteroatoms. The number of aromatic nitrogens is 4. The van der Waals surface area contributed by atoms with Crippen molar-refractivity contribution >= 4 is 11.7 Å². The Morgan fingerprint density at radius 3 is 2.84 bits per heavy atom. The van der Waals surface area contributed by atoms with E-state index < -0.39 is 0 Å². The molecular formula is C17H21N7O. The van der Waals surface area contributed by atoms with Crippen LogP contribution in [-0.4, -0.2) is 49.5 Å². The summed E-state index contributed by atoms with van der Waals surface area (Å²) in [5, 5.41) is 12.3. The molecule has 0 aromatic carbocycles. The highest BCUT2D eigenvalue weighted by Gasteiger charge is 2.38. The second kappa shape index (κ2) is 6.89. The Bertz CT molecular complexity index is 807. The van der Waals surface area contributed by atoms with E-state index in [0.717, 1.165) is 5.69 Å². The molecule has 2 atom stereocenters. The second-order valence-electron chi connectivity index (χ2n) is 6.62. The lowest BCUT2D eigenvalue weighted by molar-refractivity contribution is -0.133. The summed E-state index contributed by atoms with van der Waals surface area (Å²) in [5.74, 6) is 0.659. The number of hydrogen-bond acceptors (Lipinski definition) is 6. The van der Waals surface area contributed by atoms with E-state index in [2.05, 4.69) is 20.3 Å². The lowest BCUT2D eigenvalue weighted by Crippen LogP contribution is -2.34. The number of aryl methyl sites for hydroxylation is 1. The predicted molar refractivity (Wildman–Crippen MR) is 91.5 cm³/mol. The summed E-state index contributed by atoms with van der Waals surface area (Å²) in [4.78, 5) is 27.0. The summed E-state index contributed by atoms with van der Waals surface area (Å²) in [6, 6.07) is 1.95. The maximum Gasteiger partial charge on any atom is 0.225 e. The third-order valence-corrected chi connectivity index (χ3v) is 4.31. The van der Waals surface area contributed by atoms with Crippen LogP contribution in [0.15, 0.2) is 24.9 Å². The summed E-state index contributed by atoms with van der Waals surface area (Å²) in [5.41, 5.74) is 1.19. The normalized spacial score (nSPS) is 19.9. The molecule has 0 aliphatic carbocycles. The van der Waals surface area contributed by atoms with Gasteiger partial charge in [0.25, 0.3) is 0 Å². The maximum absolute atomic E-state index is 12.4. The molecule has 25 heavy (non-hydrogen) atoms. The first-order chi connectivity index (χ1) is 12.0. The zero-order chi connectivity index (χ0) is 18.0. The lowest BCUT2D eigenvalue weighted by Gasteiger charge is -2.19. The Labute approximate surface area is 146 Å². The van der Waals surface area contributed by atoms with Crippen molar-refractivity contribution in [2.45, 2.75) is 25.8 Å². The molecule has 1 aliphatic heterocycles. The standard InChI is InChI=1S/C17H21N7O/c1-11(2)17(25)24-7-13(14-8-23(3)10-20-14)15(9-24)22-16-6-19-5-12(4-18)21-16/h5-6,8,10-11,13,15H,7,9H2,1-3H3,(H,21,22)/t13-,15+/m0/s1. The number of nitriles is 1. The van der Waals surface area contributed by atoms with E-state index >= 15 is 0 Å². The van der Waals surface area contributed by atoms with Gasteiger partial charge in [-0.2, -0.15) is 5.26 Å². The van der Waals surface area contributed by atoms with Gasteiger partial charge in [-0.3, -0.25) is 9.78 Å². The van der Waals surface area contributed by atoms with Gasteiger partial charge < -0.3 is 14.8 Å². The zero-order valence-electron chi connectivity index (χ0n) is 14.5. The topological polar surface area (TPSA) is 99.7 Å². The largest absolute Gasteiger partial charge is 0.363 e. The number of likely N-dealkylation sites (tertiary alicyclic amines) is 1. The fraction of sp³-hybridized carbons (Fsp3) is 0.471. The molecule has 2 aromatic heterocycles. The molecule has 0 spiro atoms. The number of imidazole rings is 1. The number of carbonyl (C=O) groups is 1.